The van der Waals surface area contributed by atoms with Gasteiger partial charge in [0.15, 0.2) is 17.1 Å². The molecule has 166 valence electrons. The summed E-state index contributed by atoms with van der Waals surface area (Å²) in [4.78, 5) is 21.9. The summed E-state index contributed by atoms with van der Waals surface area (Å²) in [6.45, 7) is 4.80. The van der Waals surface area contributed by atoms with E-state index in [1.807, 2.05) is 42.5 Å². The maximum Gasteiger partial charge on any atom is 0.272 e. The van der Waals surface area contributed by atoms with Crippen molar-refractivity contribution in [3.63, 3.8) is 0 Å². The number of H-pyrrole nitrogens is 1. The summed E-state index contributed by atoms with van der Waals surface area (Å²) in [5.41, 5.74) is 3.65. The van der Waals surface area contributed by atoms with Crippen LogP contribution in [-0.2, 0) is 6.54 Å². The highest BCUT2D eigenvalue weighted by Crippen LogP contribution is 2.28. The Morgan fingerprint density at radius 3 is 2.56 bits per heavy atom. The van der Waals surface area contributed by atoms with E-state index in [-0.39, 0.29) is 17.5 Å². The number of nitrogens with zero attached hydrogens (tertiary/aromatic N) is 3. The van der Waals surface area contributed by atoms with Crippen molar-refractivity contribution in [2.45, 2.75) is 26.4 Å². The zero-order valence-electron chi connectivity index (χ0n) is 18.6. The van der Waals surface area contributed by atoms with Crippen LogP contribution in [0.15, 0.2) is 59.5 Å². The van der Waals surface area contributed by atoms with E-state index in [9.17, 15) is 4.79 Å². The van der Waals surface area contributed by atoms with Gasteiger partial charge < -0.3 is 14.8 Å². The van der Waals surface area contributed by atoms with Crippen molar-refractivity contribution < 1.29 is 9.47 Å². The van der Waals surface area contributed by atoms with Crippen LogP contribution in [-0.4, -0.2) is 33.8 Å². The van der Waals surface area contributed by atoms with Crippen LogP contribution < -0.4 is 20.3 Å². The minimum atomic E-state index is -0.161. The van der Waals surface area contributed by atoms with Gasteiger partial charge in [0.2, 0.25) is 0 Å². The first-order chi connectivity index (χ1) is 15.5. The number of nitrogens with one attached hydrogen (secondary N) is 2. The van der Waals surface area contributed by atoms with Crippen molar-refractivity contribution in [1.29, 1.82) is 0 Å². The molecule has 4 aromatic rings. The molecule has 0 aliphatic carbocycles. The molecule has 1 unspecified atom stereocenters. The fraction of sp³-hybridized carbons (Fsp3) is 0.292. The van der Waals surface area contributed by atoms with Gasteiger partial charge >= 0.3 is 0 Å². The normalized spacial score (nSPS) is 12.3. The molecule has 8 heteroatoms. The number of aromatic nitrogens is 4. The molecule has 0 spiro atoms. The zero-order chi connectivity index (χ0) is 22.7. The van der Waals surface area contributed by atoms with Gasteiger partial charge in [-0.1, -0.05) is 26.0 Å². The minimum Gasteiger partial charge on any atom is -0.493 e. The van der Waals surface area contributed by atoms with E-state index in [4.69, 9.17) is 14.5 Å². The maximum atomic E-state index is 12.8. The van der Waals surface area contributed by atoms with Crippen LogP contribution in [0.3, 0.4) is 0 Å². The number of methoxy groups -OCH3 is 2. The second-order valence-corrected chi connectivity index (χ2v) is 7.89. The summed E-state index contributed by atoms with van der Waals surface area (Å²) in [7, 11) is 3.24. The van der Waals surface area contributed by atoms with Gasteiger partial charge in [-0.2, -0.15) is 0 Å². The third-order valence-electron chi connectivity index (χ3n) is 5.37. The van der Waals surface area contributed by atoms with Crippen LogP contribution in [0.2, 0.25) is 0 Å². The van der Waals surface area contributed by atoms with Crippen LogP contribution >= 0.6 is 0 Å². The third-order valence-corrected chi connectivity index (χ3v) is 5.37. The smallest absolute Gasteiger partial charge is 0.272 e. The quantitative estimate of drug-likeness (QED) is 0.441. The number of aromatic amines is 1. The highest BCUT2D eigenvalue weighted by molar-refractivity contribution is 5.60. The fourth-order valence-corrected chi connectivity index (χ4v) is 3.72. The largest absolute Gasteiger partial charge is 0.493 e. The van der Waals surface area contributed by atoms with E-state index < -0.39 is 0 Å². The van der Waals surface area contributed by atoms with Crippen LogP contribution in [0.5, 0.6) is 11.5 Å². The number of ether oxygens (including phenoxy) is 2. The second kappa shape index (κ2) is 9.23. The lowest BCUT2D eigenvalue weighted by Crippen LogP contribution is -2.28. The molecule has 32 heavy (non-hydrogen) atoms. The first kappa shape index (κ1) is 21.6. The molecule has 0 aliphatic heterocycles. The highest BCUT2D eigenvalue weighted by Gasteiger charge is 2.20. The van der Waals surface area contributed by atoms with Crippen molar-refractivity contribution in [3.8, 4) is 22.9 Å². The molecule has 0 saturated carbocycles. The minimum absolute atomic E-state index is 0.103. The lowest BCUT2D eigenvalue weighted by molar-refractivity contribution is 0.353. The van der Waals surface area contributed by atoms with E-state index >= 15 is 0 Å². The van der Waals surface area contributed by atoms with Gasteiger partial charge in [-0.15, -0.1) is 0 Å². The molecular weight excluding hydrogens is 406 g/mol. The average Bonchev–Trinajstić information content (AvgIpc) is 3.24. The molecule has 0 aliphatic rings. The highest BCUT2D eigenvalue weighted by atomic mass is 16.5. The standard InChI is InChI=1S/C24H27N5O3/c1-15(2)24(26-14-16-8-9-20(31-3)21(11-16)32-4)19-13-23(30)29-22(27-19)12-18(28-29)17-7-5-6-10-25-17/h5-13,15,24,26,28H,14H2,1-4H3. The summed E-state index contributed by atoms with van der Waals surface area (Å²) in [5.74, 6) is 1.59. The Balaban J connectivity index is 1.62. The first-order valence-electron chi connectivity index (χ1n) is 10.5. The molecular formula is C24H27N5O3. The van der Waals surface area contributed by atoms with Gasteiger partial charge in [-0.3, -0.25) is 14.9 Å². The Bertz CT molecular complexity index is 1260. The predicted octanol–water partition coefficient (Wildman–Crippen LogP) is 3.59. The van der Waals surface area contributed by atoms with E-state index in [0.717, 1.165) is 17.0 Å². The number of pyridine rings is 1. The molecule has 8 nitrogen and oxygen atoms in total. The molecule has 0 bridgehead atoms. The monoisotopic (exact) mass is 433 g/mol. The molecule has 3 heterocycles. The Kier molecular flexibility index (Phi) is 6.23. The van der Waals surface area contributed by atoms with Crippen molar-refractivity contribution in [1.82, 2.24) is 24.9 Å². The summed E-state index contributed by atoms with van der Waals surface area (Å²) < 4.78 is 12.2. The predicted molar refractivity (Wildman–Crippen MR) is 123 cm³/mol. The van der Waals surface area contributed by atoms with E-state index in [1.54, 1.807) is 26.5 Å². The van der Waals surface area contributed by atoms with E-state index in [2.05, 4.69) is 29.2 Å². The Hall–Kier alpha value is -3.65. The van der Waals surface area contributed by atoms with Gasteiger partial charge in [0, 0.05) is 24.9 Å². The molecule has 0 fully saturated rings. The molecule has 1 atom stereocenters. The van der Waals surface area contributed by atoms with E-state index in [0.29, 0.717) is 29.4 Å². The second-order valence-electron chi connectivity index (χ2n) is 7.89. The Morgan fingerprint density at radius 1 is 1.06 bits per heavy atom. The number of rotatable bonds is 8. The molecule has 1 aromatic carbocycles. The van der Waals surface area contributed by atoms with Gasteiger partial charge in [0.05, 0.1) is 37.3 Å². The van der Waals surface area contributed by atoms with Crippen LogP contribution in [0.4, 0.5) is 0 Å². The Morgan fingerprint density at radius 2 is 1.88 bits per heavy atom. The molecule has 0 amide bonds. The number of fused-ring (bicyclic) bond motifs is 1. The molecule has 4 rings (SSSR count). The summed E-state index contributed by atoms with van der Waals surface area (Å²) in [6, 6.07) is 14.8. The fourth-order valence-electron chi connectivity index (χ4n) is 3.72. The average molecular weight is 434 g/mol. The lowest BCUT2D eigenvalue weighted by Gasteiger charge is -2.22. The first-order valence-corrected chi connectivity index (χ1v) is 10.5. The van der Waals surface area contributed by atoms with Crippen LogP contribution in [0, 0.1) is 5.92 Å². The summed E-state index contributed by atoms with van der Waals surface area (Å²) >= 11 is 0. The van der Waals surface area contributed by atoms with E-state index in [1.165, 1.54) is 4.52 Å². The molecule has 3 aromatic heterocycles. The van der Waals surface area contributed by atoms with Gasteiger partial charge in [-0.25, -0.2) is 9.50 Å². The number of hydrogen-bond acceptors (Lipinski definition) is 6. The third kappa shape index (κ3) is 4.36. The van der Waals surface area contributed by atoms with Crippen molar-refractivity contribution in [2.75, 3.05) is 14.2 Å². The van der Waals surface area contributed by atoms with Gasteiger partial charge in [0.25, 0.3) is 5.56 Å². The van der Waals surface area contributed by atoms with Crippen LogP contribution in [0.25, 0.3) is 17.0 Å². The van der Waals surface area contributed by atoms with Crippen molar-refractivity contribution >= 4 is 5.65 Å². The number of benzene rings is 1. The van der Waals surface area contributed by atoms with Crippen molar-refractivity contribution in [2.24, 2.45) is 5.92 Å². The molecule has 2 N–H and O–H groups in total. The SMILES string of the molecule is COc1ccc(CNC(c2cc(=O)n3[nH]c(-c4ccccn4)cc3n2)C(C)C)cc1OC. The van der Waals surface area contributed by atoms with Gasteiger partial charge in [-0.05, 0) is 35.7 Å². The Labute approximate surface area is 186 Å². The van der Waals surface area contributed by atoms with Crippen molar-refractivity contribution in [3.05, 3.63) is 76.3 Å². The lowest BCUT2D eigenvalue weighted by atomic mass is 10.00. The summed E-state index contributed by atoms with van der Waals surface area (Å²) in [6.07, 6.45) is 1.72. The number of hydrogen-bond donors (Lipinski definition) is 2. The van der Waals surface area contributed by atoms with Crippen LogP contribution in [0.1, 0.15) is 31.1 Å². The molecule has 0 saturated heterocycles. The topological polar surface area (TPSA) is 93.5 Å². The molecule has 0 radical (unpaired) electrons. The zero-order valence-corrected chi connectivity index (χ0v) is 18.6. The summed E-state index contributed by atoms with van der Waals surface area (Å²) in [5, 5.41) is 6.63. The van der Waals surface area contributed by atoms with Gasteiger partial charge in [0.1, 0.15) is 0 Å². The maximum absolute atomic E-state index is 12.8.